The first-order valence-electron chi connectivity index (χ1n) is 9.35. The number of carbonyl (C=O) groups excluding carboxylic acids is 2. The van der Waals surface area contributed by atoms with Crippen molar-refractivity contribution >= 4 is 40.7 Å². The van der Waals surface area contributed by atoms with E-state index >= 15 is 0 Å². The van der Waals surface area contributed by atoms with Gasteiger partial charge in [-0.1, -0.05) is 36.0 Å². The first-order chi connectivity index (χ1) is 14.5. The molecule has 1 amide bonds. The number of carbonyl (C=O) groups is 2. The van der Waals surface area contributed by atoms with Crippen LogP contribution in [0.5, 0.6) is 0 Å². The van der Waals surface area contributed by atoms with Gasteiger partial charge in [0.2, 0.25) is 0 Å². The number of hydrogen-bond donors (Lipinski definition) is 2. The van der Waals surface area contributed by atoms with Crippen LogP contribution in [0.1, 0.15) is 24.6 Å². The molecular formula is C22H21N3O3S2. The number of esters is 1. The maximum Gasteiger partial charge on any atom is 0.316 e. The Kier molecular flexibility index (Phi) is 7.33. The van der Waals surface area contributed by atoms with Crippen LogP contribution in [0, 0.1) is 11.3 Å². The molecule has 1 aliphatic heterocycles. The van der Waals surface area contributed by atoms with Crippen molar-refractivity contribution in [2.45, 2.75) is 19.8 Å². The van der Waals surface area contributed by atoms with E-state index < -0.39 is 5.92 Å². The maximum atomic E-state index is 13.2. The van der Waals surface area contributed by atoms with E-state index in [0.29, 0.717) is 34.2 Å². The third kappa shape index (κ3) is 4.93. The smallest absolute Gasteiger partial charge is 0.316 e. The van der Waals surface area contributed by atoms with Crippen LogP contribution in [0.3, 0.4) is 0 Å². The number of benzene rings is 1. The standard InChI is InChI=1S/C22H21N3O3S2/c1-3-28-18(26)13-30-22-16(12-23)20(17-10-7-11-29-17)19(14(2)24-22)21(27)25-15-8-5-4-6-9-15/h4-11,20,24H,3,13H2,1-2H3,(H,25,27). The molecule has 0 radical (unpaired) electrons. The molecule has 30 heavy (non-hydrogen) atoms. The molecule has 2 aromatic rings. The van der Waals surface area contributed by atoms with E-state index in [0.717, 1.165) is 4.88 Å². The van der Waals surface area contributed by atoms with E-state index in [1.807, 2.05) is 47.8 Å². The highest BCUT2D eigenvalue weighted by atomic mass is 32.2. The lowest BCUT2D eigenvalue weighted by Gasteiger charge is -2.29. The van der Waals surface area contributed by atoms with Gasteiger partial charge in [-0.2, -0.15) is 5.26 Å². The Hall–Kier alpha value is -3.02. The molecular weight excluding hydrogens is 418 g/mol. The van der Waals surface area contributed by atoms with E-state index in [4.69, 9.17) is 4.74 Å². The summed E-state index contributed by atoms with van der Waals surface area (Å²) in [6, 6.07) is 15.2. The van der Waals surface area contributed by atoms with Crippen LogP contribution in [-0.2, 0) is 14.3 Å². The summed E-state index contributed by atoms with van der Waals surface area (Å²) in [5.41, 5.74) is 2.22. The largest absolute Gasteiger partial charge is 0.465 e. The number of dihydropyridines is 1. The number of ether oxygens (including phenoxy) is 1. The van der Waals surface area contributed by atoms with Gasteiger partial charge >= 0.3 is 5.97 Å². The minimum atomic E-state index is -0.510. The Morgan fingerprint density at radius 1 is 1.27 bits per heavy atom. The fourth-order valence-corrected chi connectivity index (χ4v) is 4.85. The van der Waals surface area contributed by atoms with Gasteiger partial charge in [0.1, 0.15) is 0 Å². The molecule has 2 heterocycles. The highest BCUT2D eigenvalue weighted by Crippen LogP contribution is 2.42. The first-order valence-corrected chi connectivity index (χ1v) is 11.2. The molecule has 6 nitrogen and oxygen atoms in total. The number of para-hydroxylation sites is 1. The minimum absolute atomic E-state index is 0.0807. The van der Waals surface area contributed by atoms with Gasteiger partial charge in [-0.15, -0.1) is 11.3 Å². The molecule has 0 spiro atoms. The molecule has 154 valence electrons. The average molecular weight is 440 g/mol. The van der Waals surface area contributed by atoms with Gasteiger partial charge in [0, 0.05) is 21.8 Å². The van der Waals surface area contributed by atoms with Crippen LogP contribution in [0.2, 0.25) is 0 Å². The molecule has 0 saturated heterocycles. The molecule has 0 aliphatic carbocycles. The zero-order valence-electron chi connectivity index (χ0n) is 16.6. The second-order valence-electron chi connectivity index (χ2n) is 6.38. The molecule has 1 unspecified atom stereocenters. The van der Waals surface area contributed by atoms with Crippen LogP contribution in [0.25, 0.3) is 0 Å². The molecule has 0 saturated carbocycles. The number of amides is 1. The van der Waals surface area contributed by atoms with Crippen LogP contribution < -0.4 is 10.6 Å². The minimum Gasteiger partial charge on any atom is -0.465 e. The summed E-state index contributed by atoms with van der Waals surface area (Å²) in [7, 11) is 0. The Balaban J connectivity index is 1.95. The van der Waals surface area contributed by atoms with Gasteiger partial charge in [0.25, 0.3) is 5.91 Å². The third-order valence-electron chi connectivity index (χ3n) is 4.39. The van der Waals surface area contributed by atoms with Gasteiger partial charge in [-0.05, 0) is 37.4 Å². The normalized spacial score (nSPS) is 16.0. The molecule has 0 bridgehead atoms. The Morgan fingerprint density at radius 2 is 2.03 bits per heavy atom. The van der Waals surface area contributed by atoms with E-state index in [-0.39, 0.29) is 17.6 Å². The Labute approximate surface area is 183 Å². The summed E-state index contributed by atoms with van der Waals surface area (Å²) in [6.07, 6.45) is 0. The zero-order valence-corrected chi connectivity index (χ0v) is 18.2. The van der Waals surface area contributed by atoms with Crippen LogP contribution in [0.4, 0.5) is 5.69 Å². The zero-order chi connectivity index (χ0) is 21.5. The monoisotopic (exact) mass is 439 g/mol. The number of nitrogens with one attached hydrogen (secondary N) is 2. The van der Waals surface area contributed by atoms with Gasteiger partial charge in [-0.25, -0.2) is 0 Å². The fraction of sp³-hybridized carbons (Fsp3) is 0.227. The lowest BCUT2D eigenvalue weighted by molar-refractivity contribution is -0.139. The first kappa shape index (κ1) is 21.7. The van der Waals surface area contributed by atoms with E-state index in [2.05, 4.69) is 16.7 Å². The second kappa shape index (κ2) is 10.1. The summed E-state index contributed by atoms with van der Waals surface area (Å²) in [5.74, 6) is -1.05. The molecule has 2 N–H and O–H groups in total. The average Bonchev–Trinajstić information content (AvgIpc) is 3.27. The summed E-state index contributed by atoms with van der Waals surface area (Å²) in [6.45, 7) is 3.86. The number of hydrogen-bond acceptors (Lipinski definition) is 7. The van der Waals surface area contributed by atoms with Crippen molar-refractivity contribution in [2.75, 3.05) is 17.7 Å². The highest BCUT2D eigenvalue weighted by Gasteiger charge is 2.35. The Morgan fingerprint density at radius 3 is 2.67 bits per heavy atom. The van der Waals surface area contributed by atoms with Crippen molar-refractivity contribution in [2.24, 2.45) is 0 Å². The van der Waals surface area contributed by atoms with Crippen LogP contribution in [-0.4, -0.2) is 24.2 Å². The van der Waals surface area contributed by atoms with E-state index in [1.54, 1.807) is 13.8 Å². The predicted octanol–water partition coefficient (Wildman–Crippen LogP) is 4.38. The number of thiophene rings is 1. The van der Waals surface area contributed by atoms with Gasteiger partial charge < -0.3 is 15.4 Å². The van der Waals surface area contributed by atoms with E-state index in [1.165, 1.54) is 23.1 Å². The summed E-state index contributed by atoms with van der Waals surface area (Å²) < 4.78 is 4.99. The number of thioether (sulfide) groups is 1. The van der Waals surface area contributed by atoms with Crippen molar-refractivity contribution in [1.29, 1.82) is 5.26 Å². The van der Waals surface area contributed by atoms with E-state index in [9.17, 15) is 14.9 Å². The summed E-state index contributed by atoms with van der Waals surface area (Å²) in [5, 5.41) is 18.5. The molecule has 1 atom stereocenters. The van der Waals surface area contributed by atoms with Crippen molar-refractivity contribution in [3.05, 3.63) is 74.6 Å². The molecule has 0 fully saturated rings. The van der Waals surface area contributed by atoms with Crippen molar-refractivity contribution < 1.29 is 14.3 Å². The number of rotatable bonds is 7. The predicted molar refractivity (Wildman–Crippen MR) is 120 cm³/mol. The molecule has 1 aromatic carbocycles. The highest BCUT2D eigenvalue weighted by molar-refractivity contribution is 8.03. The Bertz CT molecular complexity index is 1020. The maximum absolute atomic E-state index is 13.2. The van der Waals surface area contributed by atoms with Crippen LogP contribution >= 0.6 is 23.1 Å². The summed E-state index contributed by atoms with van der Waals surface area (Å²) in [4.78, 5) is 25.9. The molecule has 3 rings (SSSR count). The van der Waals surface area contributed by atoms with Gasteiger partial charge in [0.05, 0.1) is 34.9 Å². The third-order valence-corrected chi connectivity index (χ3v) is 6.32. The second-order valence-corrected chi connectivity index (χ2v) is 8.35. The van der Waals surface area contributed by atoms with Gasteiger partial charge in [-0.3, -0.25) is 9.59 Å². The number of allylic oxidation sites excluding steroid dienone is 2. The fourth-order valence-electron chi connectivity index (χ4n) is 3.12. The quantitative estimate of drug-likeness (QED) is 0.622. The topological polar surface area (TPSA) is 91.2 Å². The lowest BCUT2D eigenvalue weighted by Crippen LogP contribution is -2.30. The SMILES string of the molecule is CCOC(=O)CSC1=C(C#N)C(c2cccs2)C(C(=O)Nc2ccccc2)=C(C)N1. The van der Waals surface area contributed by atoms with Crippen LogP contribution in [0.15, 0.2) is 69.7 Å². The molecule has 1 aromatic heterocycles. The molecule has 1 aliphatic rings. The number of anilines is 1. The van der Waals surface area contributed by atoms with Crippen molar-refractivity contribution in [3.8, 4) is 6.07 Å². The number of nitrogens with zero attached hydrogens (tertiary/aromatic N) is 1. The van der Waals surface area contributed by atoms with Crippen molar-refractivity contribution in [3.63, 3.8) is 0 Å². The summed E-state index contributed by atoms with van der Waals surface area (Å²) >= 11 is 2.70. The van der Waals surface area contributed by atoms with Gasteiger partial charge in [0.15, 0.2) is 0 Å². The lowest BCUT2D eigenvalue weighted by atomic mass is 9.86. The molecule has 8 heteroatoms. The number of nitriles is 1. The van der Waals surface area contributed by atoms with Crippen molar-refractivity contribution in [1.82, 2.24) is 5.32 Å².